The van der Waals surface area contributed by atoms with Crippen molar-refractivity contribution in [1.82, 2.24) is 8.61 Å². The van der Waals surface area contributed by atoms with Gasteiger partial charge in [-0.1, -0.05) is 12.8 Å². The summed E-state index contributed by atoms with van der Waals surface area (Å²) in [7, 11) is -3.27. The SMILES string of the molecule is CCO[C@@H]1CCCN(S(=O)(=O)N2CCCCCC2)C1. The van der Waals surface area contributed by atoms with Crippen LogP contribution < -0.4 is 0 Å². The minimum Gasteiger partial charge on any atom is -0.377 e. The Morgan fingerprint density at radius 3 is 2.26 bits per heavy atom. The highest BCUT2D eigenvalue weighted by Gasteiger charge is 2.33. The van der Waals surface area contributed by atoms with Crippen molar-refractivity contribution < 1.29 is 13.2 Å². The van der Waals surface area contributed by atoms with Gasteiger partial charge in [0, 0.05) is 32.8 Å². The summed E-state index contributed by atoms with van der Waals surface area (Å²) in [6.45, 7) is 5.13. The number of hydrogen-bond acceptors (Lipinski definition) is 3. The van der Waals surface area contributed by atoms with Crippen molar-refractivity contribution in [3.63, 3.8) is 0 Å². The fraction of sp³-hybridized carbons (Fsp3) is 1.00. The molecular formula is C13H26N2O3S. The Bertz CT molecular complexity index is 362. The topological polar surface area (TPSA) is 49.9 Å². The maximum absolute atomic E-state index is 12.6. The van der Waals surface area contributed by atoms with Crippen LogP contribution in [0.3, 0.4) is 0 Å². The Labute approximate surface area is 117 Å². The molecule has 0 bridgehead atoms. The molecule has 0 amide bonds. The van der Waals surface area contributed by atoms with E-state index in [-0.39, 0.29) is 6.10 Å². The number of piperidine rings is 1. The first-order valence-corrected chi connectivity index (χ1v) is 8.91. The van der Waals surface area contributed by atoms with Gasteiger partial charge in [0.1, 0.15) is 0 Å². The van der Waals surface area contributed by atoms with Crippen LogP contribution in [0.2, 0.25) is 0 Å². The van der Waals surface area contributed by atoms with Crippen LogP contribution in [0.5, 0.6) is 0 Å². The Hall–Kier alpha value is -0.170. The maximum Gasteiger partial charge on any atom is 0.282 e. The highest BCUT2D eigenvalue weighted by molar-refractivity contribution is 7.86. The Kier molecular flexibility index (Phi) is 5.62. The predicted octanol–water partition coefficient (Wildman–Crippen LogP) is 1.61. The second-order valence-electron chi connectivity index (χ2n) is 5.40. The van der Waals surface area contributed by atoms with Gasteiger partial charge in [-0.2, -0.15) is 17.0 Å². The van der Waals surface area contributed by atoms with Crippen molar-refractivity contribution >= 4 is 10.2 Å². The molecule has 0 unspecified atom stereocenters. The van der Waals surface area contributed by atoms with Crippen molar-refractivity contribution in [1.29, 1.82) is 0 Å². The van der Waals surface area contributed by atoms with Crippen LogP contribution in [0, 0.1) is 0 Å². The van der Waals surface area contributed by atoms with Gasteiger partial charge < -0.3 is 4.74 Å². The molecular weight excluding hydrogens is 264 g/mol. The Morgan fingerprint density at radius 2 is 1.63 bits per heavy atom. The zero-order valence-electron chi connectivity index (χ0n) is 11.9. The molecule has 2 rings (SSSR count). The molecule has 0 spiro atoms. The van der Waals surface area contributed by atoms with Gasteiger partial charge in [-0.05, 0) is 32.6 Å². The van der Waals surface area contributed by atoms with Crippen molar-refractivity contribution in [2.75, 3.05) is 32.8 Å². The van der Waals surface area contributed by atoms with E-state index in [2.05, 4.69) is 0 Å². The lowest BCUT2D eigenvalue weighted by molar-refractivity contribution is 0.0251. The molecule has 0 aromatic heterocycles. The van der Waals surface area contributed by atoms with Gasteiger partial charge in [-0.25, -0.2) is 0 Å². The monoisotopic (exact) mass is 290 g/mol. The molecule has 0 radical (unpaired) electrons. The molecule has 0 aromatic carbocycles. The minimum absolute atomic E-state index is 0.0699. The first kappa shape index (κ1) is 15.2. The van der Waals surface area contributed by atoms with E-state index in [1.165, 1.54) is 0 Å². The molecule has 0 N–H and O–H groups in total. The van der Waals surface area contributed by atoms with Gasteiger partial charge in [0.2, 0.25) is 0 Å². The summed E-state index contributed by atoms with van der Waals surface area (Å²) in [5.74, 6) is 0. The summed E-state index contributed by atoms with van der Waals surface area (Å²) in [5, 5.41) is 0. The summed E-state index contributed by atoms with van der Waals surface area (Å²) < 4.78 is 34.2. The lowest BCUT2D eigenvalue weighted by Gasteiger charge is -2.35. The second kappa shape index (κ2) is 7.02. The molecule has 0 aliphatic carbocycles. The number of rotatable bonds is 4. The van der Waals surface area contributed by atoms with E-state index in [9.17, 15) is 8.42 Å². The first-order valence-electron chi connectivity index (χ1n) is 7.51. The Balaban J connectivity index is 2.01. The number of nitrogens with zero attached hydrogens (tertiary/aromatic N) is 2. The molecule has 2 aliphatic heterocycles. The molecule has 19 heavy (non-hydrogen) atoms. The van der Waals surface area contributed by atoms with Crippen LogP contribution in [-0.4, -0.2) is 55.9 Å². The maximum atomic E-state index is 12.6. The van der Waals surface area contributed by atoms with E-state index >= 15 is 0 Å². The average Bonchev–Trinajstić information content (AvgIpc) is 2.69. The zero-order chi connectivity index (χ0) is 13.7. The van der Waals surface area contributed by atoms with Crippen molar-refractivity contribution in [3.8, 4) is 0 Å². The molecule has 2 fully saturated rings. The van der Waals surface area contributed by atoms with E-state index in [1.807, 2.05) is 6.92 Å². The van der Waals surface area contributed by atoms with Crippen LogP contribution in [0.15, 0.2) is 0 Å². The smallest absolute Gasteiger partial charge is 0.282 e. The summed E-state index contributed by atoms with van der Waals surface area (Å²) in [4.78, 5) is 0. The van der Waals surface area contributed by atoms with Crippen molar-refractivity contribution in [2.24, 2.45) is 0 Å². The summed E-state index contributed by atoms with van der Waals surface area (Å²) in [6, 6.07) is 0. The number of ether oxygens (including phenoxy) is 1. The fourth-order valence-electron chi connectivity index (χ4n) is 2.92. The van der Waals surface area contributed by atoms with E-state index < -0.39 is 10.2 Å². The van der Waals surface area contributed by atoms with Crippen molar-refractivity contribution in [3.05, 3.63) is 0 Å². The van der Waals surface area contributed by atoms with E-state index in [4.69, 9.17) is 4.74 Å². The predicted molar refractivity (Wildman–Crippen MR) is 75.2 cm³/mol. The van der Waals surface area contributed by atoms with E-state index in [1.54, 1.807) is 8.61 Å². The van der Waals surface area contributed by atoms with Crippen LogP contribution in [0.4, 0.5) is 0 Å². The highest BCUT2D eigenvalue weighted by atomic mass is 32.2. The van der Waals surface area contributed by atoms with Crippen LogP contribution in [-0.2, 0) is 14.9 Å². The second-order valence-corrected chi connectivity index (χ2v) is 7.33. The molecule has 5 nitrogen and oxygen atoms in total. The molecule has 0 saturated carbocycles. The van der Waals surface area contributed by atoms with Gasteiger partial charge in [-0.15, -0.1) is 0 Å². The van der Waals surface area contributed by atoms with Crippen LogP contribution in [0.1, 0.15) is 45.4 Å². The third-order valence-corrected chi connectivity index (χ3v) is 5.96. The standard InChI is InChI=1S/C13H26N2O3S/c1-2-18-13-8-7-11-15(12-13)19(16,17)14-9-5-3-4-6-10-14/h13H,2-12H2,1H3/t13-/m1/s1. The minimum atomic E-state index is -3.27. The van der Waals surface area contributed by atoms with Crippen LogP contribution in [0.25, 0.3) is 0 Å². The third kappa shape index (κ3) is 3.90. The lowest BCUT2D eigenvalue weighted by atomic mass is 10.1. The van der Waals surface area contributed by atoms with Gasteiger partial charge in [0.25, 0.3) is 10.2 Å². The summed E-state index contributed by atoms with van der Waals surface area (Å²) >= 11 is 0. The number of hydrogen-bond donors (Lipinski definition) is 0. The Morgan fingerprint density at radius 1 is 1.00 bits per heavy atom. The normalized spacial score (nSPS) is 28.2. The third-order valence-electron chi connectivity index (χ3n) is 3.96. The molecule has 1 atom stereocenters. The molecule has 0 aromatic rings. The van der Waals surface area contributed by atoms with Gasteiger partial charge in [-0.3, -0.25) is 0 Å². The van der Waals surface area contributed by atoms with Gasteiger partial charge in [0.05, 0.1) is 6.10 Å². The highest BCUT2D eigenvalue weighted by Crippen LogP contribution is 2.21. The van der Waals surface area contributed by atoms with E-state index in [0.717, 1.165) is 38.5 Å². The molecule has 2 aliphatic rings. The van der Waals surface area contributed by atoms with Gasteiger partial charge in [0.15, 0.2) is 0 Å². The fourth-order valence-corrected chi connectivity index (χ4v) is 4.68. The molecule has 6 heteroatoms. The average molecular weight is 290 g/mol. The molecule has 2 heterocycles. The van der Waals surface area contributed by atoms with Crippen LogP contribution >= 0.6 is 0 Å². The summed E-state index contributed by atoms with van der Waals surface area (Å²) in [6.07, 6.45) is 6.21. The summed E-state index contributed by atoms with van der Waals surface area (Å²) in [5.41, 5.74) is 0. The lowest BCUT2D eigenvalue weighted by Crippen LogP contribution is -2.50. The van der Waals surface area contributed by atoms with E-state index in [0.29, 0.717) is 32.8 Å². The van der Waals surface area contributed by atoms with Crippen molar-refractivity contribution in [2.45, 2.75) is 51.6 Å². The molecule has 112 valence electrons. The quantitative estimate of drug-likeness (QED) is 0.790. The zero-order valence-corrected chi connectivity index (χ0v) is 12.7. The van der Waals surface area contributed by atoms with Gasteiger partial charge >= 0.3 is 0 Å². The largest absolute Gasteiger partial charge is 0.377 e. The molecule has 2 saturated heterocycles. The first-order chi connectivity index (χ1) is 9.14.